The lowest BCUT2D eigenvalue weighted by Gasteiger charge is -2.22. The lowest BCUT2D eigenvalue weighted by molar-refractivity contribution is -0.385. The Hall–Kier alpha value is -1.23. The molecule has 0 radical (unpaired) electrons. The van der Waals surface area contributed by atoms with E-state index in [2.05, 4.69) is 12.2 Å². The van der Waals surface area contributed by atoms with E-state index in [1.165, 1.54) is 6.07 Å². The van der Waals surface area contributed by atoms with Crippen LogP contribution in [0, 0.1) is 10.1 Å². The van der Waals surface area contributed by atoms with Gasteiger partial charge in [-0.1, -0.05) is 6.92 Å². The Morgan fingerprint density at radius 2 is 2.43 bits per heavy atom. The average Bonchev–Trinajstić information content (AvgIpc) is 2.16. The van der Waals surface area contributed by atoms with Gasteiger partial charge < -0.3 is 5.32 Å². The summed E-state index contributed by atoms with van der Waals surface area (Å²) in [5, 5.41) is 14.2. The van der Waals surface area contributed by atoms with Crippen molar-refractivity contribution in [3.63, 3.8) is 0 Å². The van der Waals surface area contributed by atoms with Crippen molar-refractivity contribution in [2.45, 2.75) is 17.1 Å². The van der Waals surface area contributed by atoms with Crippen molar-refractivity contribution in [1.29, 1.82) is 0 Å². The van der Waals surface area contributed by atoms with Crippen molar-refractivity contribution in [2.75, 3.05) is 11.9 Å². The van der Waals surface area contributed by atoms with Gasteiger partial charge in [-0.15, -0.1) is 11.8 Å². The molecule has 4 nitrogen and oxygen atoms in total. The van der Waals surface area contributed by atoms with Crippen LogP contribution in [-0.2, 0) is 0 Å². The van der Waals surface area contributed by atoms with Crippen molar-refractivity contribution in [3.8, 4) is 0 Å². The maximum Gasteiger partial charge on any atom is 0.270 e. The SMILES string of the molecule is C[C@@H]1CNc2ccc([N+](=O)[O-])cc2S1. The lowest BCUT2D eigenvalue weighted by atomic mass is 10.2. The van der Waals surface area contributed by atoms with Crippen LogP contribution in [-0.4, -0.2) is 16.7 Å². The first-order valence-corrected chi connectivity index (χ1v) is 5.24. The first-order valence-electron chi connectivity index (χ1n) is 4.36. The van der Waals surface area contributed by atoms with Crippen LogP contribution in [0.15, 0.2) is 23.1 Å². The first kappa shape index (κ1) is 9.33. The van der Waals surface area contributed by atoms with Gasteiger partial charge in [-0.25, -0.2) is 0 Å². The molecule has 1 N–H and O–H groups in total. The topological polar surface area (TPSA) is 55.2 Å². The molecule has 1 aliphatic rings. The molecule has 14 heavy (non-hydrogen) atoms. The maximum absolute atomic E-state index is 10.5. The van der Waals surface area contributed by atoms with Crippen LogP contribution < -0.4 is 5.32 Å². The fourth-order valence-electron chi connectivity index (χ4n) is 1.38. The van der Waals surface area contributed by atoms with E-state index in [1.54, 1.807) is 23.9 Å². The number of anilines is 1. The van der Waals surface area contributed by atoms with Crippen molar-refractivity contribution < 1.29 is 4.92 Å². The van der Waals surface area contributed by atoms with E-state index in [9.17, 15) is 10.1 Å². The van der Waals surface area contributed by atoms with Gasteiger partial charge in [-0.3, -0.25) is 10.1 Å². The quantitative estimate of drug-likeness (QED) is 0.571. The summed E-state index contributed by atoms with van der Waals surface area (Å²) in [6.45, 7) is 3.01. The summed E-state index contributed by atoms with van der Waals surface area (Å²) in [6.07, 6.45) is 0. The molecule has 0 aliphatic carbocycles. The maximum atomic E-state index is 10.5. The van der Waals surface area contributed by atoms with Crippen LogP contribution in [0.25, 0.3) is 0 Å². The van der Waals surface area contributed by atoms with Gasteiger partial charge in [0, 0.05) is 34.5 Å². The summed E-state index contributed by atoms with van der Waals surface area (Å²) in [5.41, 5.74) is 1.16. The summed E-state index contributed by atoms with van der Waals surface area (Å²) in [7, 11) is 0. The first-order chi connectivity index (χ1) is 6.66. The third-order valence-corrected chi connectivity index (χ3v) is 3.24. The van der Waals surface area contributed by atoms with Gasteiger partial charge in [0.15, 0.2) is 0 Å². The largest absolute Gasteiger partial charge is 0.383 e. The second kappa shape index (κ2) is 3.49. The molecule has 0 saturated heterocycles. The average molecular weight is 210 g/mol. The molecule has 1 atom stereocenters. The Bertz CT molecular complexity index is 381. The molecule has 0 amide bonds. The number of benzene rings is 1. The van der Waals surface area contributed by atoms with Crippen molar-refractivity contribution in [3.05, 3.63) is 28.3 Å². The highest BCUT2D eigenvalue weighted by Crippen LogP contribution is 2.36. The predicted molar refractivity (Wildman–Crippen MR) is 56.9 cm³/mol. The fraction of sp³-hybridized carbons (Fsp3) is 0.333. The Morgan fingerprint density at radius 1 is 1.64 bits per heavy atom. The van der Waals surface area contributed by atoms with E-state index in [1.807, 2.05) is 0 Å². The zero-order valence-corrected chi connectivity index (χ0v) is 8.50. The van der Waals surface area contributed by atoms with E-state index in [4.69, 9.17) is 0 Å². The Morgan fingerprint density at radius 3 is 3.14 bits per heavy atom. The highest BCUT2D eigenvalue weighted by molar-refractivity contribution is 8.00. The standard InChI is InChI=1S/C9H10N2O2S/c1-6-5-10-8-3-2-7(11(12)13)4-9(8)14-6/h2-4,6,10H,5H2,1H3/t6-/m1/s1. The van der Waals surface area contributed by atoms with E-state index in [-0.39, 0.29) is 10.6 Å². The molecule has 1 heterocycles. The fourth-order valence-corrected chi connectivity index (χ4v) is 2.44. The van der Waals surface area contributed by atoms with Crippen LogP contribution in [0.4, 0.5) is 11.4 Å². The zero-order chi connectivity index (χ0) is 10.1. The minimum Gasteiger partial charge on any atom is -0.383 e. The van der Waals surface area contributed by atoms with Crippen LogP contribution in [0.5, 0.6) is 0 Å². The highest BCUT2D eigenvalue weighted by atomic mass is 32.2. The van der Waals surface area contributed by atoms with Crippen molar-refractivity contribution in [2.24, 2.45) is 0 Å². The van der Waals surface area contributed by atoms with E-state index in [0.29, 0.717) is 5.25 Å². The molecule has 74 valence electrons. The Labute approximate surface area is 85.8 Å². The van der Waals surface area contributed by atoms with Crippen molar-refractivity contribution in [1.82, 2.24) is 0 Å². The molecule has 1 aromatic rings. The number of fused-ring (bicyclic) bond motifs is 1. The second-order valence-corrected chi connectivity index (χ2v) is 4.73. The summed E-state index contributed by atoms with van der Waals surface area (Å²) in [4.78, 5) is 11.2. The number of non-ortho nitro benzene ring substituents is 1. The zero-order valence-electron chi connectivity index (χ0n) is 7.69. The van der Waals surface area contributed by atoms with Gasteiger partial charge in [0.05, 0.1) is 4.92 Å². The number of nitrogens with one attached hydrogen (secondary N) is 1. The van der Waals surface area contributed by atoms with Crippen LogP contribution in [0.3, 0.4) is 0 Å². The summed E-state index contributed by atoms with van der Waals surface area (Å²) in [5.74, 6) is 0. The Kier molecular flexibility index (Phi) is 2.33. The van der Waals surface area contributed by atoms with Crippen LogP contribution in [0.2, 0.25) is 0 Å². The van der Waals surface area contributed by atoms with Gasteiger partial charge >= 0.3 is 0 Å². The van der Waals surface area contributed by atoms with Gasteiger partial charge in [0.2, 0.25) is 0 Å². The Balaban J connectivity index is 2.37. The number of nitrogens with zero attached hydrogens (tertiary/aromatic N) is 1. The molecule has 1 aliphatic heterocycles. The van der Waals surface area contributed by atoms with Gasteiger partial charge in [0.25, 0.3) is 5.69 Å². The van der Waals surface area contributed by atoms with Gasteiger partial charge in [-0.2, -0.15) is 0 Å². The predicted octanol–water partition coefficient (Wildman–Crippen LogP) is 2.50. The minimum absolute atomic E-state index is 0.159. The molecule has 0 saturated carbocycles. The molecular formula is C9H10N2O2S. The molecule has 0 unspecified atom stereocenters. The normalized spacial score (nSPS) is 19.6. The number of thioether (sulfide) groups is 1. The number of nitro benzene ring substituents is 1. The van der Waals surface area contributed by atoms with Crippen LogP contribution >= 0.6 is 11.8 Å². The molecule has 0 bridgehead atoms. The van der Waals surface area contributed by atoms with E-state index >= 15 is 0 Å². The van der Waals surface area contributed by atoms with Crippen molar-refractivity contribution >= 4 is 23.1 Å². The molecule has 2 rings (SSSR count). The third-order valence-electron chi connectivity index (χ3n) is 2.08. The molecular weight excluding hydrogens is 200 g/mol. The van der Waals surface area contributed by atoms with Gasteiger partial charge in [-0.05, 0) is 6.07 Å². The lowest BCUT2D eigenvalue weighted by Crippen LogP contribution is -2.18. The number of nitro groups is 1. The number of hydrogen-bond donors (Lipinski definition) is 1. The molecule has 5 heteroatoms. The van der Waals surface area contributed by atoms with E-state index < -0.39 is 0 Å². The molecule has 0 aromatic heterocycles. The molecule has 0 spiro atoms. The van der Waals surface area contributed by atoms with Gasteiger partial charge in [0.1, 0.15) is 0 Å². The smallest absolute Gasteiger partial charge is 0.270 e. The van der Waals surface area contributed by atoms with Crippen LogP contribution in [0.1, 0.15) is 6.92 Å². The minimum atomic E-state index is -0.361. The second-order valence-electron chi connectivity index (χ2n) is 3.25. The molecule has 0 fully saturated rings. The summed E-state index contributed by atoms with van der Waals surface area (Å²) < 4.78 is 0. The van der Waals surface area contributed by atoms with E-state index in [0.717, 1.165) is 17.1 Å². The molecule has 1 aromatic carbocycles. The third kappa shape index (κ3) is 1.68. The highest BCUT2D eigenvalue weighted by Gasteiger charge is 2.17. The number of hydrogen-bond acceptors (Lipinski definition) is 4. The monoisotopic (exact) mass is 210 g/mol. The summed E-state index contributed by atoms with van der Waals surface area (Å²) in [6, 6.07) is 4.93. The summed E-state index contributed by atoms with van der Waals surface area (Å²) >= 11 is 1.68. The number of rotatable bonds is 1.